The molecule has 0 atom stereocenters. The molecule has 0 unspecified atom stereocenters. The second kappa shape index (κ2) is 5.31. The van der Waals surface area contributed by atoms with Crippen molar-refractivity contribution in [2.45, 2.75) is 32.4 Å². The van der Waals surface area contributed by atoms with Gasteiger partial charge in [-0.15, -0.1) is 0 Å². The summed E-state index contributed by atoms with van der Waals surface area (Å²) in [6, 6.07) is 7.61. The lowest BCUT2D eigenvalue weighted by atomic mass is 9.82. The van der Waals surface area contributed by atoms with E-state index in [1.54, 1.807) is 0 Å². The monoisotopic (exact) mass is 263 g/mol. The maximum absolute atomic E-state index is 10.8. The zero-order valence-electron chi connectivity index (χ0n) is 11.5. The number of carboxylic acid groups (broad SMARTS) is 1. The number of nitrogens with zero attached hydrogens (tertiary/aromatic N) is 1. The predicted octanol–water partition coefficient (Wildman–Crippen LogP) is 1.52. The number of hydrogen-bond acceptors (Lipinski definition) is 3. The van der Waals surface area contributed by atoms with Gasteiger partial charge in [-0.2, -0.15) is 0 Å². The van der Waals surface area contributed by atoms with Crippen LogP contribution in [0.2, 0.25) is 0 Å². The second-order valence-electron chi connectivity index (χ2n) is 5.74. The zero-order chi connectivity index (χ0) is 14.0. The smallest absolute Gasteiger partial charge is 0.307 e. The average molecular weight is 263 g/mol. The van der Waals surface area contributed by atoms with Gasteiger partial charge in [0.15, 0.2) is 0 Å². The molecule has 0 saturated carbocycles. The van der Waals surface area contributed by atoms with Gasteiger partial charge >= 0.3 is 5.97 Å². The minimum atomic E-state index is -0.810. The second-order valence-corrected chi connectivity index (χ2v) is 5.74. The standard InChI is InChI=1S/C15H21NO3/c1-11(2)15(19)9-16(10-15)8-13-6-4-3-5-12(13)7-14(17)18/h3-6,11,19H,7-10H2,1-2H3,(H,17,18). The van der Waals surface area contributed by atoms with E-state index in [9.17, 15) is 9.90 Å². The number of aliphatic carboxylic acids is 1. The Bertz CT molecular complexity index is 464. The van der Waals surface area contributed by atoms with Gasteiger partial charge in [0.05, 0.1) is 12.0 Å². The van der Waals surface area contributed by atoms with E-state index in [2.05, 4.69) is 4.90 Å². The highest BCUT2D eigenvalue weighted by Crippen LogP contribution is 2.30. The minimum Gasteiger partial charge on any atom is -0.481 e. The number of rotatable bonds is 5. The fourth-order valence-corrected chi connectivity index (χ4v) is 2.49. The van der Waals surface area contributed by atoms with Gasteiger partial charge in [0.1, 0.15) is 0 Å². The first-order chi connectivity index (χ1) is 8.90. The van der Waals surface area contributed by atoms with Crippen molar-refractivity contribution in [2.75, 3.05) is 13.1 Å². The third kappa shape index (κ3) is 3.14. The highest BCUT2D eigenvalue weighted by molar-refractivity contribution is 5.70. The van der Waals surface area contributed by atoms with E-state index >= 15 is 0 Å². The number of aliphatic hydroxyl groups is 1. The molecule has 4 nitrogen and oxygen atoms in total. The Balaban J connectivity index is 2.00. The summed E-state index contributed by atoms with van der Waals surface area (Å²) >= 11 is 0. The van der Waals surface area contributed by atoms with E-state index in [0.29, 0.717) is 19.6 Å². The fourth-order valence-electron chi connectivity index (χ4n) is 2.49. The quantitative estimate of drug-likeness (QED) is 0.845. The van der Waals surface area contributed by atoms with Gasteiger partial charge in [0, 0.05) is 19.6 Å². The van der Waals surface area contributed by atoms with Crippen LogP contribution in [-0.4, -0.2) is 39.8 Å². The number of β-amino-alcohol motifs (C(OH)–C–C–N with tert-alkyl or cyclic N) is 1. The summed E-state index contributed by atoms with van der Waals surface area (Å²) in [7, 11) is 0. The number of carbonyl (C=O) groups is 1. The summed E-state index contributed by atoms with van der Waals surface area (Å²) < 4.78 is 0. The molecule has 1 aromatic rings. The van der Waals surface area contributed by atoms with Crippen LogP contribution in [-0.2, 0) is 17.8 Å². The molecular formula is C15H21NO3. The van der Waals surface area contributed by atoms with Crippen LogP contribution in [0, 0.1) is 5.92 Å². The molecule has 19 heavy (non-hydrogen) atoms. The van der Waals surface area contributed by atoms with Gasteiger partial charge in [0.2, 0.25) is 0 Å². The van der Waals surface area contributed by atoms with Gasteiger partial charge in [0.25, 0.3) is 0 Å². The molecule has 2 rings (SSSR count). The molecule has 0 radical (unpaired) electrons. The number of benzene rings is 1. The van der Waals surface area contributed by atoms with Crippen molar-refractivity contribution < 1.29 is 15.0 Å². The minimum absolute atomic E-state index is 0.0540. The molecule has 1 saturated heterocycles. The molecule has 0 spiro atoms. The third-order valence-electron chi connectivity index (χ3n) is 3.92. The van der Waals surface area contributed by atoms with E-state index in [1.807, 2.05) is 38.1 Å². The Morgan fingerprint density at radius 3 is 2.42 bits per heavy atom. The van der Waals surface area contributed by atoms with E-state index in [4.69, 9.17) is 5.11 Å². The Morgan fingerprint density at radius 1 is 1.32 bits per heavy atom. The van der Waals surface area contributed by atoms with Crippen LogP contribution >= 0.6 is 0 Å². The Labute approximate surface area is 113 Å². The van der Waals surface area contributed by atoms with Crippen LogP contribution in [0.4, 0.5) is 0 Å². The van der Waals surface area contributed by atoms with Gasteiger partial charge < -0.3 is 10.2 Å². The van der Waals surface area contributed by atoms with E-state index < -0.39 is 11.6 Å². The van der Waals surface area contributed by atoms with Crippen LogP contribution in [0.5, 0.6) is 0 Å². The van der Waals surface area contributed by atoms with Crippen LogP contribution < -0.4 is 0 Å². The van der Waals surface area contributed by atoms with E-state index in [1.165, 1.54) is 0 Å². The largest absolute Gasteiger partial charge is 0.481 e. The van der Waals surface area contributed by atoms with Gasteiger partial charge in [-0.1, -0.05) is 38.1 Å². The Morgan fingerprint density at radius 2 is 1.89 bits per heavy atom. The molecule has 0 bridgehead atoms. The molecule has 1 aliphatic rings. The third-order valence-corrected chi connectivity index (χ3v) is 3.92. The Kier molecular flexibility index (Phi) is 3.92. The number of carboxylic acids is 1. The van der Waals surface area contributed by atoms with E-state index in [0.717, 1.165) is 11.1 Å². The molecule has 104 valence electrons. The molecule has 1 heterocycles. The lowest BCUT2D eigenvalue weighted by Gasteiger charge is -2.49. The van der Waals surface area contributed by atoms with Crippen LogP contribution in [0.1, 0.15) is 25.0 Å². The molecule has 2 N–H and O–H groups in total. The Hall–Kier alpha value is -1.39. The number of hydrogen-bond donors (Lipinski definition) is 2. The highest BCUT2D eigenvalue weighted by atomic mass is 16.4. The first-order valence-corrected chi connectivity index (χ1v) is 6.64. The molecular weight excluding hydrogens is 242 g/mol. The van der Waals surface area contributed by atoms with Crippen molar-refractivity contribution in [2.24, 2.45) is 5.92 Å². The highest BCUT2D eigenvalue weighted by Gasteiger charge is 2.43. The molecule has 1 fully saturated rings. The average Bonchev–Trinajstić information content (AvgIpc) is 2.28. The zero-order valence-corrected chi connectivity index (χ0v) is 11.5. The summed E-state index contributed by atoms with van der Waals surface area (Å²) in [5.41, 5.74) is 1.31. The van der Waals surface area contributed by atoms with Crippen LogP contribution in [0.3, 0.4) is 0 Å². The lowest BCUT2D eigenvalue weighted by Crippen LogP contribution is -2.63. The van der Waals surface area contributed by atoms with Crippen LogP contribution in [0.25, 0.3) is 0 Å². The summed E-state index contributed by atoms with van der Waals surface area (Å²) in [6.07, 6.45) is 0.0540. The predicted molar refractivity (Wildman–Crippen MR) is 72.8 cm³/mol. The molecule has 1 aromatic carbocycles. The molecule has 0 aliphatic carbocycles. The van der Waals surface area contributed by atoms with Crippen molar-refractivity contribution >= 4 is 5.97 Å². The van der Waals surface area contributed by atoms with Crippen LogP contribution in [0.15, 0.2) is 24.3 Å². The summed E-state index contributed by atoms with van der Waals surface area (Å²) in [5.74, 6) is -0.562. The molecule has 1 aliphatic heterocycles. The fraction of sp³-hybridized carbons (Fsp3) is 0.533. The molecule has 0 amide bonds. The molecule has 4 heteroatoms. The summed E-state index contributed by atoms with van der Waals surface area (Å²) in [4.78, 5) is 13.0. The van der Waals surface area contributed by atoms with Crippen molar-refractivity contribution in [3.05, 3.63) is 35.4 Å². The van der Waals surface area contributed by atoms with E-state index in [-0.39, 0.29) is 12.3 Å². The van der Waals surface area contributed by atoms with Gasteiger partial charge in [-0.25, -0.2) is 0 Å². The first-order valence-electron chi connectivity index (χ1n) is 6.64. The van der Waals surface area contributed by atoms with Crippen molar-refractivity contribution in [3.8, 4) is 0 Å². The lowest BCUT2D eigenvalue weighted by molar-refractivity contribution is -0.136. The summed E-state index contributed by atoms with van der Waals surface area (Å²) in [6.45, 7) is 6.07. The van der Waals surface area contributed by atoms with Gasteiger partial charge in [-0.05, 0) is 17.0 Å². The molecule has 0 aromatic heterocycles. The maximum atomic E-state index is 10.8. The topological polar surface area (TPSA) is 60.8 Å². The van der Waals surface area contributed by atoms with Gasteiger partial charge in [-0.3, -0.25) is 9.69 Å². The normalized spacial score (nSPS) is 18.3. The first kappa shape index (κ1) is 14.0. The number of likely N-dealkylation sites (tertiary alicyclic amines) is 1. The summed E-state index contributed by atoms with van der Waals surface area (Å²) in [5, 5.41) is 19.1. The van der Waals surface area contributed by atoms with Crippen molar-refractivity contribution in [3.63, 3.8) is 0 Å². The maximum Gasteiger partial charge on any atom is 0.307 e. The SMILES string of the molecule is CC(C)C1(O)CN(Cc2ccccc2CC(=O)O)C1. The van der Waals surface area contributed by atoms with Crippen molar-refractivity contribution in [1.29, 1.82) is 0 Å². The van der Waals surface area contributed by atoms with Crippen molar-refractivity contribution in [1.82, 2.24) is 4.90 Å².